The average Bonchev–Trinajstić information content (AvgIpc) is 3.38. The Hall–Kier alpha value is -5.77. The van der Waals surface area contributed by atoms with Crippen molar-refractivity contribution in [2.45, 2.75) is 147 Å². The Kier molecular flexibility index (Phi) is 22.0. The van der Waals surface area contributed by atoms with E-state index in [-0.39, 0.29) is 68.6 Å². The van der Waals surface area contributed by atoms with E-state index in [0.29, 0.717) is 47.9 Å². The number of methoxy groups -OCH3 is 1. The minimum atomic E-state index is -1.48. The van der Waals surface area contributed by atoms with Gasteiger partial charge in [0.05, 0.1) is 36.7 Å². The third-order valence-electron chi connectivity index (χ3n) is 14.6. The van der Waals surface area contributed by atoms with Crippen molar-refractivity contribution in [1.29, 1.82) is 0 Å². The Morgan fingerprint density at radius 3 is 2.29 bits per heavy atom. The zero-order chi connectivity index (χ0) is 51.3. The number of nitro groups is 1. The fraction of sp³-hybridized carbons (Fsp3) is 0.561. The van der Waals surface area contributed by atoms with Crippen LogP contribution in [0.3, 0.4) is 0 Å². The van der Waals surface area contributed by atoms with Crippen LogP contribution in [0.15, 0.2) is 96.2 Å². The summed E-state index contributed by atoms with van der Waals surface area (Å²) < 4.78 is 25.8. The van der Waals surface area contributed by atoms with Crippen molar-refractivity contribution in [3.8, 4) is 17.2 Å². The molecule has 1 heterocycles. The molecule has 392 valence electrons. The van der Waals surface area contributed by atoms with Gasteiger partial charge in [0, 0.05) is 56.8 Å². The van der Waals surface area contributed by atoms with Crippen LogP contribution in [0.5, 0.6) is 17.2 Å². The van der Waals surface area contributed by atoms with Crippen molar-refractivity contribution < 1.29 is 48.5 Å². The standard InChI is InChI=1S/C57H78N4O11/c1-5-7-8-9-10-11-12-13-14-17-31-58-56(65)71-46-29-30-51-49(38-46)54-47(24-16-19-33-63)43(22-15-18-32-62)37-48-50(59-70-40-41-25-27-44(28-26-41)61(66)67)39-52(57(72-51,55(48)54)69-34-6-2)60(3)53(64)36-42-21-20-23-45(35-42)68-4/h6,20-21,23,25-30,35,37-38,43,47,52,54-55,62-63H,2,5,7-19,22,24,31-34,36,39-40H2,1,3-4H3,(H,58,65)/t43-,47+,52-,54+,55+,57+/m0/s1. The molecule has 0 unspecified atom stereocenters. The monoisotopic (exact) mass is 995 g/mol. The molecule has 6 rings (SSSR count). The first-order valence-corrected chi connectivity index (χ1v) is 26.3. The first-order valence-electron chi connectivity index (χ1n) is 26.3. The van der Waals surface area contributed by atoms with Gasteiger partial charge in [0.1, 0.15) is 29.9 Å². The maximum atomic E-state index is 14.7. The van der Waals surface area contributed by atoms with Gasteiger partial charge in [-0.2, -0.15) is 0 Å². The number of hydrogen-bond donors (Lipinski definition) is 3. The van der Waals surface area contributed by atoms with Crippen molar-refractivity contribution in [2.24, 2.45) is 22.9 Å². The number of allylic oxidation sites excluding steroid dienone is 1. The summed E-state index contributed by atoms with van der Waals surface area (Å²) in [7, 11) is 3.34. The molecule has 3 aliphatic rings. The number of nitro benzene ring substituents is 1. The van der Waals surface area contributed by atoms with Gasteiger partial charge in [-0.15, -0.1) is 6.58 Å². The van der Waals surface area contributed by atoms with Gasteiger partial charge in [-0.3, -0.25) is 14.9 Å². The highest BCUT2D eigenvalue weighted by atomic mass is 16.7. The second-order valence-electron chi connectivity index (χ2n) is 19.5. The fourth-order valence-corrected chi connectivity index (χ4v) is 10.9. The lowest BCUT2D eigenvalue weighted by Crippen LogP contribution is -2.69. The molecule has 1 fully saturated rings. The molecular weight excluding hydrogens is 917 g/mol. The van der Waals surface area contributed by atoms with Crippen LogP contribution < -0.4 is 19.5 Å². The largest absolute Gasteiger partial charge is 0.497 e. The van der Waals surface area contributed by atoms with E-state index in [1.165, 1.54) is 57.1 Å². The maximum Gasteiger partial charge on any atom is 0.412 e. The molecule has 0 aromatic heterocycles. The zero-order valence-electron chi connectivity index (χ0n) is 42.8. The third-order valence-corrected chi connectivity index (χ3v) is 14.6. The number of ether oxygens (including phenoxy) is 4. The highest BCUT2D eigenvalue weighted by Gasteiger charge is 2.65. The number of aliphatic hydroxyl groups is 2. The summed E-state index contributed by atoms with van der Waals surface area (Å²) in [6.45, 7) is 6.99. The number of non-ortho nitro benzene ring substituents is 1. The summed E-state index contributed by atoms with van der Waals surface area (Å²) in [6.07, 6.45) is 19.8. The number of unbranched alkanes of at least 4 members (excludes halogenated alkanes) is 11. The van der Waals surface area contributed by atoms with Crippen LogP contribution in [0.4, 0.5) is 10.5 Å². The molecule has 15 heteroatoms. The molecular formula is C57H78N4O11. The molecule has 0 bridgehead atoms. The Balaban J connectivity index is 1.38. The van der Waals surface area contributed by atoms with Crippen LogP contribution in [0, 0.1) is 27.9 Å². The second kappa shape index (κ2) is 28.5. The maximum absolute atomic E-state index is 14.7. The minimum absolute atomic E-state index is 0.0210. The number of fused-ring (bicyclic) bond motifs is 2. The molecule has 0 saturated heterocycles. The number of nitrogens with zero attached hydrogens (tertiary/aromatic N) is 3. The van der Waals surface area contributed by atoms with Crippen molar-refractivity contribution in [1.82, 2.24) is 10.2 Å². The molecule has 0 spiro atoms. The van der Waals surface area contributed by atoms with Gasteiger partial charge in [0.15, 0.2) is 0 Å². The number of carbonyl (C=O) groups excluding carboxylic acids is 2. The number of rotatable bonds is 31. The third kappa shape index (κ3) is 14.7. The SMILES string of the molecule is C=CCO[C@@]12Oc3ccc(OC(=O)NCCCCCCCCCCCC)cc3[C@H]3[C@H](CCCCO)[C@@H](CCCCO)C=C(C(=NOCc4ccc([N+](=O)[O-])cc4)C[C@@H]1N(C)C(=O)Cc1cccc(OC)c1)[C@H]32. The van der Waals surface area contributed by atoms with Gasteiger partial charge in [-0.1, -0.05) is 107 Å². The van der Waals surface area contributed by atoms with E-state index in [9.17, 15) is 29.9 Å². The number of likely N-dealkylation sites (N-methyl/N-ethyl adjacent to an activating group) is 1. The molecule has 3 aromatic carbocycles. The Labute approximate surface area is 426 Å². The number of amides is 2. The summed E-state index contributed by atoms with van der Waals surface area (Å²) in [6, 6.07) is 18.2. The minimum Gasteiger partial charge on any atom is -0.497 e. The zero-order valence-corrected chi connectivity index (χ0v) is 42.8. The summed E-state index contributed by atoms with van der Waals surface area (Å²) in [5, 5.41) is 39.2. The molecule has 6 atom stereocenters. The van der Waals surface area contributed by atoms with Gasteiger partial charge in [-0.05, 0) is 103 Å². The Morgan fingerprint density at radius 2 is 1.61 bits per heavy atom. The van der Waals surface area contributed by atoms with E-state index < -0.39 is 28.8 Å². The molecule has 72 heavy (non-hydrogen) atoms. The van der Waals surface area contributed by atoms with Crippen LogP contribution in [0.2, 0.25) is 0 Å². The van der Waals surface area contributed by atoms with Crippen LogP contribution in [-0.4, -0.2) is 90.1 Å². The summed E-state index contributed by atoms with van der Waals surface area (Å²) in [5.41, 5.74) is 3.68. The molecule has 3 N–H and O–H groups in total. The van der Waals surface area contributed by atoms with Crippen LogP contribution >= 0.6 is 0 Å². The molecule has 2 aliphatic carbocycles. The summed E-state index contributed by atoms with van der Waals surface area (Å²) in [4.78, 5) is 46.8. The highest BCUT2D eigenvalue weighted by Crippen LogP contribution is 2.62. The molecule has 1 aliphatic heterocycles. The van der Waals surface area contributed by atoms with Crippen molar-refractivity contribution in [3.05, 3.63) is 118 Å². The molecule has 3 aromatic rings. The predicted octanol–water partition coefficient (Wildman–Crippen LogP) is 11.1. The molecule has 2 amide bonds. The number of benzene rings is 3. The molecule has 15 nitrogen and oxygen atoms in total. The van der Waals surface area contributed by atoms with Crippen LogP contribution in [0.25, 0.3) is 0 Å². The fourth-order valence-electron chi connectivity index (χ4n) is 10.9. The number of hydrogen-bond acceptors (Lipinski definition) is 12. The average molecular weight is 995 g/mol. The van der Waals surface area contributed by atoms with E-state index in [1.54, 1.807) is 43.3 Å². The van der Waals surface area contributed by atoms with E-state index >= 15 is 0 Å². The van der Waals surface area contributed by atoms with Crippen LogP contribution in [0.1, 0.15) is 139 Å². The van der Waals surface area contributed by atoms with Crippen LogP contribution in [-0.2, 0) is 27.4 Å². The first-order chi connectivity index (χ1) is 35.1. The van der Waals surface area contributed by atoms with Gasteiger partial charge in [-0.25, -0.2) is 4.79 Å². The number of nitrogens with one attached hydrogen (secondary N) is 1. The lowest BCUT2D eigenvalue weighted by molar-refractivity contribution is -0.384. The number of carbonyl (C=O) groups is 2. The Bertz CT molecular complexity index is 2280. The van der Waals surface area contributed by atoms with Gasteiger partial charge >= 0.3 is 6.09 Å². The van der Waals surface area contributed by atoms with Crippen molar-refractivity contribution in [3.63, 3.8) is 0 Å². The second-order valence-corrected chi connectivity index (χ2v) is 19.5. The smallest absolute Gasteiger partial charge is 0.412 e. The summed E-state index contributed by atoms with van der Waals surface area (Å²) >= 11 is 0. The molecule has 1 saturated carbocycles. The van der Waals surface area contributed by atoms with Crippen molar-refractivity contribution in [2.75, 3.05) is 40.5 Å². The van der Waals surface area contributed by atoms with Gasteiger partial charge in [0.25, 0.3) is 5.69 Å². The lowest BCUT2D eigenvalue weighted by atomic mass is 9.55. The normalized spacial score (nSPS) is 21.4. The lowest BCUT2D eigenvalue weighted by Gasteiger charge is -2.59. The van der Waals surface area contributed by atoms with E-state index in [0.717, 1.165) is 61.6 Å². The molecule has 0 radical (unpaired) electrons. The highest BCUT2D eigenvalue weighted by molar-refractivity contribution is 6.03. The quantitative estimate of drug-likeness (QED) is 0.0240. The Morgan fingerprint density at radius 1 is 0.903 bits per heavy atom. The van der Waals surface area contributed by atoms with E-state index in [4.69, 9.17) is 28.9 Å². The predicted molar refractivity (Wildman–Crippen MR) is 278 cm³/mol. The van der Waals surface area contributed by atoms with E-state index in [1.807, 2.05) is 36.4 Å². The number of aliphatic hydroxyl groups excluding tert-OH is 2. The van der Waals surface area contributed by atoms with Crippen molar-refractivity contribution >= 4 is 23.4 Å². The topological polar surface area (TPSA) is 192 Å². The summed E-state index contributed by atoms with van der Waals surface area (Å²) in [5.74, 6) is -1.12. The first kappa shape index (κ1) is 55.5. The van der Waals surface area contributed by atoms with Gasteiger partial charge < -0.3 is 44.2 Å². The number of oxime groups is 1. The van der Waals surface area contributed by atoms with Gasteiger partial charge in [0.2, 0.25) is 11.7 Å². The van der Waals surface area contributed by atoms with E-state index in [2.05, 4.69) is 24.9 Å².